The molecule has 0 saturated carbocycles. The van der Waals surface area contributed by atoms with E-state index in [0.717, 1.165) is 5.56 Å². The number of hydrogen-bond acceptors (Lipinski definition) is 4. The van der Waals surface area contributed by atoms with Gasteiger partial charge in [0.15, 0.2) is 11.5 Å². The SMILES string of the molecule is CC1(C)Oc2cc(Cl)c(CN3OCC(C)(C)C3=O)cc2O1. The summed E-state index contributed by atoms with van der Waals surface area (Å²) < 4.78 is 11.3. The fraction of sp³-hybridized carbons (Fsp3) is 0.533. The van der Waals surface area contributed by atoms with Gasteiger partial charge in [-0.05, 0) is 25.5 Å². The van der Waals surface area contributed by atoms with E-state index < -0.39 is 11.2 Å². The number of carbonyl (C=O) groups excluding carboxylic acids is 1. The number of rotatable bonds is 2. The Balaban J connectivity index is 1.84. The molecule has 0 aliphatic carbocycles. The molecule has 0 atom stereocenters. The number of hydrogen-bond donors (Lipinski definition) is 0. The number of carbonyl (C=O) groups is 1. The van der Waals surface area contributed by atoms with Crippen LogP contribution >= 0.6 is 11.6 Å². The Morgan fingerprint density at radius 1 is 1.19 bits per heavy atom. The number of fused-ring (bicyclic) bond motifs is 1. The smallest absolute Gasteiger partial charge is 0.254 e. The molecule has 0 N–H and O–H groups in total. The molecule has 21 heavy (non-hydrogen) atoms. The van der Waals surface area contributed by atoms with Gasteiger partial charge in [0.05, 0.1) is 18.6 Å². The van der Waals surface area contributed by atoms with Crippen molar-refractivity contribution in [2.45, 2.75) is 40.0 Å². The minimum Gasteiger partial charge on any atom is -0.449 e. The summed E-state index contributed by atoms with van der Waals surface area (Å²) in [5.41, 5.74) is 0.271. The van der Waals surface area contributed by atoms with Crippen molar-refractivity contribution in [3.63, 3.8) is 0 Å². The van der Waals surface area contributed by atoms with Crippen LogP contribution in [0.2, 0.25) is 5.02 Å². The van der Waals surface area contributed by atoms with Crippen molar-refractivity contribution < 1.29 is 19.1 Å². The van der Waals surface area contributed by atoms with Gasteiger partial charge < -0.3 is 9.47 Å². The third-order valence-corrected chi connectivity index (χ3v) is 3.88. The molecule has 1 saturated heterocycles. The standard InChI is InChI=1S/C15H18ClNO4/c1-14(2)8-19-17(13(14)18)7-9-5-11-12(6-10(9)16)21-15(3,4)20-11/h5-6H,7-8H2,1-4H3. The van der Waals surface area contributed by atoms with Gasteiger partial charge in [-0.25, -0.2) is 5.06 Å². The van der Waals surface area contributed by atoms with Gasteiger partial charge in [0.1, 0.15) is 0 Å². The Labute approximate surface area is 128 Å². The Bertz CT molecular complexity index is 612. The van der Waals surface area contributed by atoms with Gasteiger partial charge in [-0.1, -0.05) is 11.6 Å². The quantitative estimate of drug-likeness (QED) is 0.842. The number of nitrogens with zero attached hydrogens (tertiary/aromatic N) is 1. The molecule has 0 aromatic heterocycles. The molecule has 2 heterocycles. The van der Waals surface area contributed by atoms with Gasteiger partial charge in [-0.2, -0.15) is 0 Å². The van der Waals surface area contributed by atoms with Crippen molar-refractivity contribution in [1.82, 2.24) is 5.06 Å². The maximum Gasteiger partial charge on any atom is 0.254 e. The maximum atomic E-state index is 12.2. The van der Waals surface area contributed by atoms with E-state index in [1.54, 1.807) is 12.1 Å². The molecule has 3 rings (SSSR count). The van der Waals surface area contributed by atoms with E-state index in [-0.39, 0.29) is 12.5 Å². The van der Waals surface area contributed by atoms with Crippen LogP contribution in [0.1, 0.15) is 33.3 Å². The lowest BCUT2D eigenvalue weighted by molar-refractivity contribution is -0.165. The summed E-state index contributed by atoms with van der Waals surface area (Å²) in [5.74, 6) is 0.497. The first-order valence-electron chi connectivity index (χ1n) is 6.83. The monoisotopic (exact) mass is 311 g/mol. The molecule has 5 nitrogen and oxygen atoms in total. The molecule has 0 radical (unpaired) electrons. The van der Waals surface area contributed by atoms with Crippen LogP contribution in [-0.2, 0) is 16.2 Å². The van der Waals surface area contributed by atoms with Crippen molar-refractivity contribution in [2.24, 2.45) is 5.41 Å². The first kappa shape index (κ1) is 14.5. The molecule has 0 bridgehead atoms. The Hall–Kier alpha value is -1.46. The third kappa shape index (κ3) is 2.56. The van der Waals surface area contributed by atoms with Crippen LogP contribution in [0, 0.1) is 5.41 Å². The average Bonchev–Trinajstić information content (AvgIpc) is 2.78. The Morgan fingerprint density at radius 3 is 2.38 bits per heavy atom. The van der Waals surface area contributed by atoms with E-state index >= 15 is 0 Å². The van der Waals surface area contributed by atoms with Crippen LogP contribution in [0.4, 0.5) is 0 Å². The van der Waals surface area contributed by atoms with Crippen LogP contribution in [0.25, 0.3) is 0 Å². The summed E-state index contributed by atoms with van der Waals surface area (Å²) in [6.07, 6.45) is 0. The van der Waals surface area contributed by atoms with Crippen LogP contribution in [0.15, 0.2) is 12.1 Å². The van der Waals surface area contributed by atoms with E-state index in [1.807, 2.05) is 27.7 Å². The highest BCUT2D eigenvalue weighted by Crippen LogP contribution is 2.43. The second-order valence-electron chi connectivity index (χ2n) is 6.49. The molecule has 114 valence electrons. The van der Waals surface area contributed by atoms with Gasteiger partial charge in [0.25, 0.3) is 5.91 Å². The largest absolute Gasteiger partial charge is 0.449 e. The minimum atomic E-state index is -0.702. The minimum absolute atomic E-state index is 0.0448. The van der Waals surface area contributed by atoms with Crippen LogP contribution in [0.3, 0.4) is 0 Å². The highest BCUT2D eigenvalue weighted by atomic mass is 35.5. The summed E-state index contributed by atoms with van der Waals surface area (Å²) in [7, 11) is 0. The van der Waals surface area contributed by atoms with Crippen molar-refractivity contribution in [3.05, 3.63) is 22.7 Å². The van der Waals surface area contributed by atoms with Gasteiger partial charge in [-0.15, -0.1) is 0 Å². The predicted molar refractivity (Wildman–Crippen MR) is 77.1 cm³/mol. The topological polar surface area (TPSA) is 48.0 Å². The molecule has 1 amide bonds. The summed E-state index contributed by atoms with van der Waals surface area (Å²) >= 11 is 6.27. The first-order chi connectivity index (χ1) is 9.68. The molecule has 6 heteroatoms. The molecule has 1 aromatic rings. The lowest BCUT2D eigenvalue weighted by Gasteiger charge is -2.17. The van der Waals surface area contributed by atoms with Gasteiger partial charge in [0.2, 0.25) is 5.79 Å². The summed E-state index contributed by atoms with van der Waals surface area (Å²) in [5, 5.41) is 1.88. The van der Waals surface area contributed by atoms with E-state index in [0.29, 0.717) is 23.1 Å². The third-order valence-electron chi connectivity index (χ3n) is 3.52. The highest BCUT2D eigenvalue weighted by molar-refractivity contribution is 6.31. The van der Waals surface area contributed by atoms with E-state index in [2.05, 4.69) is 0 Å². The van der Waals surface area contributed by atoms with Gasteiger partial charge in [0, 0.05) is 24.9 Å². The van der Waals surface area contributed by atoms with E-state index in [9.17, 15) is 4.79 Å². The fourth-order valence-corrected chi connectivity index (χ4v) is 2.59. The maximum absolute atomic E-state index is 12.2. The number of hydroxylamine groups is 2. The van der Waals surface area contributed by atoms with Crippen molar-refractivity contribution >= 4 is 17.5 Å². The van der Waals surface area contributed by atoms with Crippen LogP contribution in [-0.4, -0.2) is 23.4 Å². The predicted octanol–water partition coefficient (Wildman–Crippen LogP) is 3.15. The molecular weight excluding hydrogens is 294 g/mol. The van der Waals surface area contributed by atoms with E-state index in [4.69, 9.17) is 25.9 Å². The van der Waals surface area contributed by atoms with Gasteiger partial charge in [-0.3, -0.25) is 9.63 Å². The van der Waals surface area contributed by atoms with Crippen molar-refractivity contribution in [2.75, 3.05) is 6.61 Å². The second kappa shape index (κ2) is 4.52. The van der Waals surface area contributed by atoms with Crippen LogP contribution < -0.4 is 9.47 Å². The molecule has 2 aliphatic heterocycles. The molecule has 1 aromatic carbocycles. The molecule has 1 fully saturated rings. The Kier molecular flexibility index (Phi) is 3.11. The van der Waals surface area contributed by atoms with Crippen molar-refractivity contribution in [1.29, 1.82) is 0 Å². The van der Waals surface area contributed by atoms with Crippen molar-refractivity contribution in [3.8, 4) is 11.5 Å². The number of benzene rings is 1. The zero-order valence-corrected chi connectivity index (χ0v) is 13.3. The van der Waals surface area contributed by atoms with E-state index in [1.165, 1.54) is 5.06 Å². The Morgan fingerprint density at radius 2 is 1.81 bits per heavy atom. The molecular formula is C15H18ClNO4. The zero-order valence-electron chi connectivity index (χ0n) is 12.5. The summed E-state index contributed by atoms with van der Waals surface area (Å²) in [6, 6.07) is 3.51. The zero-order chi connectivity index (χ0) is 15.4. The fourth-order valence-electron chi connectivity index (χ4n) is 2.38. The molecule has 0 unspecified atom stereocenters. The number of halogens is 1. The molecule has 2 aliphatic rings. The lowest BCUT2D eigenvalue weighted by Crippen LogP contribution is -2.30. The first-order valence-corrected chi connectivity index (χ1v) is 7.21. The number of ether oxygens (including phenoxy) is 2. The number of amides is 1. The normalized spacial score (nSPS) is 22.0. The summed E-state index contributed by atoms with van der Waals surface area (Å²) in [6.45, 7) is 8.05. The summed E-state index contributed by atoms with van der Waals surface area (Å²) in [4.78, 5) is 17.6. The highest BCUT2D eigenvalue weighted by Gasteiger charge is 2.41. The van der Waals surface area contributed by atoms with Gasteiger partial charge >= 0.3 is 0 Å². The second-order valence-corrected chi connectivity index (χ2v) is 6.90. The van der Waals surface area contributed by atoms with Crippen LogP contribution in [0.5, 0.6) is 11.5 Å². The molecule has 0 spiro atoms. The lowest BCUT2D eigenvalue weighted by atomic mass is 9.95. The average molecular weight is 312 g/mol.